The molecule has 0 saturated heterocycles. The number of nitrogens with zero attached hydrogens (tertiary/aromatic N) is 1. The average molecular weight is 267 g/mol. The van der Waals surface area contributed by atoms with E-state index in [1.54, 1.807) is 12.3 Å². The molecule has 0 fully saturated rings. The van der Waals surface area contributed by atoms with Gasteiger partial charge in [-0.05, 0) is 18.1 Å². The standard InChI is InChI=1S/C13H12Cl2N2/c14-11-8-12(15)13(17-9-11)16-7-6-10-4-2-1-3-5-10/h1-5,8-9H,6-7H2,(H,16,17). The van der Waals surface area contributed by atoms with Crippen LogP contribution in [0.2, 0.25) is 10.0 Å². The molecule has 0 amide bonds. The first-order chi connectivity index (χ1) is 8.25. The molecule has 0 aliphatic rings. The Morgan fingerprint density at radius 1 is 1.12 bits per heavy atom. The van der Waals surface area contributed by atoms with Crippen LogP contribution in [-0.4, -0.2) is 11.5 Å². The minimum Gasteiger partial charge on any atom is -0.369 e. The molecule has 0 unspecified atom stereocenters. The Hall–Kier alpha value is -1.25. The highest BCUT2D eigenvalue weighted by atomic mass is 35.5. The molecule has 4 heteroatoms. The first-order valence-electron chi connectivity index (χ1n) is 5.34. The largest absolute Gasteiger partial charge is 0.369 e. The van der Waals surface area contributed by atoms with E-state index in [-0.39, 0.29) is 0 Å². The molecule has 0 radical (unpaired) electrons. The van der Waals surface area contributed by atoms with Crippen molar-refractivity contribution in [3.05, 3.63) is 58.2 Å². The lowest BCUT2D eigenvalue weighted by Crippen LogP contribution is -2.06. The van der Waals surface area contributed by atoms with Crippen molar-refractivity contribution in [1.82, 2.24) is 4.98 Å². The Morgan fingerprint density at radius 3 is 2.59 bits per heavy atom. The van der Waals surface area contributed by atoms with E-state index in [4.69, 9.17) is 23.2 Å². The average Bonchev–Trinajstić information content (AvgIpc) is 2.33. The molecular weight excluding hydrogens is 255 g/mol. The molecule has 1 aromatic carbocycles. The van der Waals surface area contributed by atoms with Gasteiger partial charge in [-0.3, -0.25) is 0 Å². The summed E-state index contributed by atoms with van der Waals surface area (Å²) in [5.41, 5.74) is 1.28. The Balaban J connectivity index is 1.90. The van der Waals surface area contributed by atoms with E-state index in [1.165, 1.54) is 5.56 Å². The second-order valence-corrected chi connectivity index (χ2v) is 4.49. The maximum absolute atomic E-state index is 6.00. The van der Waals surface area contributed by atoms with Gasteiger partial charge in [0.2, 0.25) is 0 Å². The number of hydrogen-bond acceptors (Lipinski definition) is 2. The molecule has 2 rings (SSSR count). The highest BCUT2D eigenvalue weighted by molar-refractivity contribution is 6.35. The fourth-order valence-corrected chi connectivity index (χ4v) is 1.96. The van der Waals surface area contributed by atoms with Gasteiger partial charge in [0.1, 0.15) is 5.82 Å². The number of aromatic nitrogens is 1. The van der Waals surface area contributed by atoms with Crippen LogP contribution in [0.4, 0.5) is 5.82 Å². The van der Waals surface area contributed by atoms with Gasteiger partial charge in [-0.25, -0.2) is 4.98 Å². The van der Waals surface area contributed by atoms with Crippen LogP contribution in [0.5, 0.6) is 0 Å². The molecule has 0 bridgehead atoms. The van der Waals surface area contributed by atoms with E-state index in [2.05, 4.69) is 22.4 Å². The first-order valence-corrected chi connectivity index (χ1v) is 6.10. The molecular formula is C13H12Cl2N2. The number of nitrogens with one attached hydrogen (secondary N) is 1. The van der Waals surface area contributed by atoms with Crippen molar-refractivity contribution in [3.8, 4) is 0 Å². The summed E-state index contributed by atoms with van der Waals surface area (Å²) in [5, 5.41) is 4.28. The molecule has 0 atom stereocenters. The predicted molar refractivity (Wildman–Crippen MR) is 72.9 cm³/mol. The van der Waals surface area contributed by atoms with Gasteiger partial charge in [0.15, 0.2) is 0 Å². The van der Waals surface area contributed by atoms with E-state index in [9.17, 15) is 0 Å². The highest BCUT2D eigenvalue weighted by Gasteiger charge is 2.01. The zero-order valence-corrected chi connectivity index (χ0v) is 10.7. The van der Waals surface area contributed by atoms with Crippen molar-refractivity contribution >= 4 is 29.0 Å². The second-order valence-electron chi connectivity index (χ2n) is 3.65. The Kier molecular flexibility index (Phi) is 4.24. The van der Waals surface area contributed by atoms with Crippen LogP contribution in [0, 0.1) is 0 Å². The monoisotopic (exact) mass is 266 g/mol. The quantitative estimate of drug-likeness (QED) is 0.904. The van der Waals surface area contributed by atoms with Crippen molar-refractivity contribution in [1.29, 1.82) is 0 Å². The van der Waals surface area contributed by atoms with Crippen LogP contribution in [0.15, 0.2) is 42.6 Å². The minimum absolute atomic E-state index is 0.545. The summed E-state index contributed by atoms with van der Waals surface area (Å²) in [5.74, 6) is 0.673. The molecule has 0 spiro atoms. The number of pyridine rings is 1. The molecule has 88 valence electrons. The molecule has 2 nitrogen and oxygen atoms in total. The number of benzene rings is 1. The fourth-order valence-electron chi connectivity index (χ4n) is 1.51. The lowest BCUT2D eigenvalue weighted by atomic mass is 10.1. The van der Waals surface area contributed by atoms with Crippen molar-refractivity contribution < 1.29 is 0 Å². The lowest BCUT2D eigenvalue weighted by Gasteiger charge is -2.07. The Labute approximate surface area is 111 Å². The molecule has 1 aromatic heterocycles. The maximum atomic E-state index is 6.00. The summed E-state index contributed by atoms with van der Waals surface area (Å²) in [6.07, 6.45) is 2.51. The van der Waals surface area contributed by atoms with Gasteiger partial charge in [-0.1, -0.05) is 53.5 Å². The van der Waals surface area contributed by atoms with Gasteiger partial charge in [-0.15, -0.1) is 0 Å². The molecule has 2 aromatic rings. The van der Waals surface area contributed by atoms with Crippen LogP contribution in [0.25, 0.3) is 0 Å². The predicted octanol–water partition coefficient (Wildman–Crippen LogP) is 4.04. The summed E-state index contributed by atoms with van der Waals surface area (Å²) in [6.45, 7) is 0.790. The number of hydrogen-bond donors (Lipinski definition) is 1. The fraction of sp³-hybridized carbons (Fsp3) is 0.154. The second kappa shape index (κ2) is 5.89. The van der Waals surface area contributed by atoms with Crippen LogP contribution in [0.1, 0.15) is 5.56 Å². The van der Waals surface area contributed by atoms with Crippen molar-refractivity contribution in [2.45, 2.75) is 6.42 Å². The Morgan fingerprint density at radius 2 is 1.88 bits per heavy atom. The number of halogens is 2. The van der Waals surface area contributed by atoms with Crippen LogP contribution in [0.3, 0.4) is 0 Å². The minimum atomic E-state index is 0.545. The molecule has 1 N–H and O–H groups in total. The van der Waals surface area contributed by atoms with E-state index < -0.39 is 0 Å². The van der Waals surface area contributed by atoms with Gasteiger partial charge in [0.25, 0.3) is 0 Å². The number of rotatable bonds is 4. The van der Waals surface area contributed by atoms with Crippen molar-refractivity contribution in [3.63, 3.8) is 0 Å². The maximum Gasteiger partial charge on any atom is 0.144 e. The van der Waals surface area contributed by atoms with Crippen molar-refractivity contribution in [2.75, 3.05) is 11.9 Å². The molecule has 0 aliphatic heterocycles. The normalized spacial score (nSPS) is 10.2. The van der Waals surface area contributed by atoms with Gasteiger partial charge in [0.05, 0.1) is 10.0 Å². The lowest BCUT2D eigenvalue weighted by molar-refractivity contribution is 1.01. The summed E-state index contributed by atoms with van der Waals surface area (Å²) in [7, 11) is 0. The van der Waals surface area contributed by atoms with E-state index in [0.717, 1.165) is 13.0 Å². The molecule has 17 heavy (non-hydrogen) atoms. The third-order valence-electron chi connectivity index (χ3n) is 2.36. The van der Waals surface area contributed by atoms with Crippen LogP contribution < -0.4 is 5.32 Å². The smallest absolute Gasteiger partial charge is 0.144 e. The van der Waals surface area contributed by atoms with Gasteiger partial charge in [-0.2, -0.15) is 0 Å². The molecule has 1 heterocycles. The zero-order chi connectivity index (χ0) is 12.1. The topological polar surface area (TPSA) is 24.9 Å². The SMILES string of the molecule is Clc1cnc(NCCc2ccccc2)c(Cl)c1. The third kappa shape index (κ3) is 3.62. The summed E-state index contributed by atoms with van der Waals surface area (Å²) >= 11 is 11.8. The third-order valence-corrected chi connectivity index (χ3v) is 2.85. The Bertz CT molecular complexity index is 486. The van der Waals surface area contributed by atoms with E-state index >= 15 is 0 Å². The summed E-state index contributed by atoms with van der Waals surface area (Å²) < 4.78 is 0. The van der Waals surface area contributed by atoms with Gasteiger partial charge in [0, 0.05) is 12.7 Å². The van der Waals surface area contributed by atoms with Crippen LogP contribution >= 0.6 is 23.2 Å². The van der Waals surface area contributed by atoms with E-state index in [0.29, 0.717) is 15.9 Å². The van der Waals surface area contributed by atoms with E-state index in [1.807, 2.05) is 18.2 Å². The number of anilines is 1. The van der Waals surface area contributed by atoms with Crippen LogP contribution in [-0.2, 0) is 6.42 Å². The highest BCUT2D eigenvalue weighted by Crippen LogP contribution is 2.22. The molecule has 0 saturated carbocycles. The first kappa shape index (κ1) is 12.2. The zero-order valence-electron chi connectivity index (χ0n) is 9.16. The summed E-state index contributed by atoms with van der Waals surface area (Å²) in [6, 6.07) is 11.9. The van der Waals surface area contributed by atoms with Gasteiger partial charge < -0.3 is 5.32 Å². The summed E-state index contributed by atoms with van der Waals surface area (Å²) in [4.78, 5) is 4.13. The molecule has 0 aliphatic carbocycles. The van der Waals surface area contributed by atoms with Crippen molar-refractivity contribution in [2.24, 2.45) is 0 Å². The van der Waals surface area contributed by atoms with Gasteiger partial charge >= 0.3 is 0 Å².